The summed E-state index contributed by atoms with van der Waals surface area (Å²) in [6, 6.07) is 2.26. The highest BCUT2D eigenvalue weighted by Crippen LogP contribution is 2.25. The maximum absolute atomic E-state index is 12.2. The molecule has 1 aliphatic rings. The van der Waals surface area contributed by atoms with Gasteiger partial charge in [0.25, 0.3) is 0 Å². The Hall–Kier alpha value is -2.28. The van der Waals surface area contributed by atoms with Gasteiger partial charge < -0.3 is 15.1 Å². The van der Waals surface area contributed by atoms with Gasteiger partial charge in [0.1, 0.15) is 5.52 Å². The van der Waals surface area contributed by atoms with Crippen molar-refractivity contribution in [2.45, 2.75) is 39.2 Å². The van der Waals surface area contributed by atoms with Gasteiger partial charge in [0.2, 0.25) is 5.91 Å². The van der Waals surface area contributed by atoms with Gasteiger partial charge in [0, 0.05) is 50.7 Å². The van der Waals surface area contributed by atoms with E-state index < -0.39 is 0 Å². The van der Waals surface area contributed by atoms with Crippen LogP contribution in [0.15, 0.2) is 24.7 Å². The molecule has 1 saturated heterocycles. The van der Waals surface area contributed by atoms with Gasteiger partial charge in [-0.15, -0.1) is 0 Å². The van der Waals surface area contributed by atoms with Crippen molar-refractivity contribution in [1.82, 2.24) is 25.2 Å². The van der Waals surface area contributed by atoms with E-state index in [1.54, 1.807) is 18.6 Å². The van der Waals surface area contributed by atoms with E-state index in [-0.39, 0.29) is 11.9 Å². The van der Waals surface area contributed by atoms with Crippen LogP contribution in [0.1, 0.15) is 33.1 Å². The summed E-state index contributed by atoms with van der Waals surface area (Å²) >= 11 is 0. The van der Waals surface area contributed by atoms with Crippen LogP contribution in [0.2, 0.25) is 0 Å². The Morgan fingerprint density at radius 1 is 1.15 bits per heavy atom. The van der Waals surface area contributed by atoms with E-state index in [9.17, 15) is 4.79 Å². The molecule has 1 aliphatic heterocycles. The third-order valence-corrected chi connectivity index (χ3v) is 5.10. The largest absolute Gasteiger partial charge is 0.369 e. The number of aromatic nitrogens is 3. The zero-order valence-electron chi connectivity index (χ0n) is 15.7. The van der Waals surface area contributed by atoms with Gasteiger partial charge in [-0.2, -0.15) is 0 Å². The topological polar surface area (TPSA) is 74.2 Å². The SMILES string of the molecule is CCN(CC)CCC(=O)NC1CCN(c2ccnc3nccnc23)CC1. The van der Waals surface area contributed by atoms with E-state index in [0.29, 0.717) is 12.1 Å². The van der Waals surface area contributed by atoms with E-state index in [2.05, 4.69) is 43.9 Å². The second kappa shape index (κ2) is 8.89. The number of hydrogen-bond acceptors (Lipinski definition) is 6. The van der Waals surface area contributed by atoms with Crippen molar-refractivity contribution in [2.75, 3.05) is 37.6 Å². The molecule has 2 aromatic rings. The number of carbonyl (C=O) groups excluding carboxylic acids is 1. The third-order valence-electron chi connectivity index (χ3n) is 5.10. The smallest absolute Gasteiger partial charge is 0.221 e. The second-order valence-corrected chi connectivity index (χ2v) is 6.66. The Morgan fingerprint density at radius 2 is 1.85 bits per heavy atom. The minimum atomic E-state index is 0.163. The van der Waals surface area contributed by atoms with Crippen molar-refractivity contribution in [3.63, 3.8) is 0 Å². The molecule has 0 radical (unpaired) electrons. The lowest BCUT2D eigenvalue weighted by molar-refractivity contribution is -0.122. The van der Waals surface area contributed by atoms with Crippen molar-refractivity contribution in [3.05, 3.63) is 24.7 Å². The highest BCUT2D eigenvalue weighted by Gasteiger charge is 2.22. The van der Waals surface area contributed by atoms with E-state index >= 15 is 0 Å². The second-order valence-electron chi connectivity index (χ2n) is 6.66. The molecule has 1 N–H and O–H groups in total. The summed E-state index contributed by atoms with van der Waals surface area (Å²) in [6.07, 6.45) is 7.62. The molecule has 0 unspecified atom stereocenters. The van der Waals surface area contributed by atoms with Crippen LogP contribution in [0.25, 0.3) is 11.2 Å². The van der Waals surface area contributed by atoms with Gasteiger partial charge in [-0.1, -0.05) is 13.8 Å². The predicted molar refractivity (Wildman–Crippen MR) is 103 cm³/mol. The molecule has 0 aliphatic carbocycles. The Bertz CT molecular complexity index is 720. The Balaban J connectivity index is 1.52. The molecule has 3 heterocycles. The van der Waals surface area contributed by atoms with Crippen molar-refractivity contribution in [2.24, 2.45) is 0 Å². The van der Waals surface area contributed by atoms with Gasteiger partial charge in [0.15, 0.2) is 5.65 Å². The summed E-state index contributed by atoms with van der Waals surface area (Å²) in [6.45, 7) is 8.87. The van der Waals surface area contributed by atoms with E-state index in [1.807, 2.05) is 6.07 Å². The number of piperidine rings is 1. The average Bonchev–Trinajstić information content (AvgIpc) is 2.69. The molecule has 7 nitrogen and oxygen atoms in total. The number of nitrogens with zero attached hydrogens (tertiary/aromatic N) is 5. The summed E-state index contributed by atoms with van der Waals surface area (Å²) in [5.41, 5.74) is 2.60. The van der Waals surface area contributed by atoms with Crippen LogP contribution in [0.5, 0.6) is 0 Å². The zero-order chi connectivity index (χ0) is 18.4. The lowest BCUT2D eigenvalue weighted by Gasteiger charge is -2.34. The third kappa shape index (κ3) is 4.46. The van der Waals surface area contributed by atoms with Crippen molar-refractivity contribution in [1.29, 1.82) is 0 Å². The number of rotatable bonds is 7. The van der Waals surface area contributed by atoms with Gasteiger partial charge in [-0.25, -0.2) is 15.0 Å². The number of carbonyl (C=O) groups is 1. The molecule has 0 saturated carbocycles. The fraction of sp³-hybridized carbons (Fsp3) is 0.579. The standard InChI is InChI=1S/C19H28N6O/c1-3-24(4-2)12-8-17(26)23-15-6-13-25(14-7-15)16-5-9-21-19-18(16)20-10-11-22-19/h5,9-11,15H,3-4,6-8,12-14H2,1-2H3,(H,23,26). The minimum absolute atomic E-state index is 0.163. The van der Waals surface area contributed by atoms with E-state index in [4.69, 9.17) is 0 Å². The van der Waals surface area contributed by atoms with Gasteiger partial charge in [-0.3, -0.25) is 4.79 Å². The number of amides is 1. The lowest BCUT2D eigenvalue weighted by Crippen LogP contribution is -2.45. The van der Waals surface area contributed by atoms with Crippen LogP contribution < -0.4 is 10.2 Å². The van der Waals surface area contributed by atoms with Gasteiger partial charge in [0.05, 0.1) is 5.69 Å². The molecular formula is C19H28N6O. The lowest BCUT2D eigenvalue weighted by atomic mass is 10.0. The summed E-state index contributed by atoms with van der Waals surface area (Å²) in [5.74, 6) is 0.163. The first kappa shape index (κ1) is 18.5. The first-order valence-electron chi connectivity index (χ1n) is 9.53. The minimum Gasteiger partial charge on any atom is -0.369 e. The molecule has 26 heavy (non-hydrogen) atoms. The summed E-state index contributed by atoms with van der Waals surface area (Å²) in [7, 11) is 0. The summed E-state index contributed by atoms with van der Waals surface area (Å²) in [5, 5.41) is 3.20. The Morgan fingerprint density at radius 3 is 2.58 bits per heavy atom. The van der Waals surface area contributed by atoms with Crippen LogP contribution in [-0.2, 0) is 4.79 Å². The molecule has 2 aromatic heterocycles. The maximum Gasteiger partial charge on any atom is 0.221 e. The molecule has 0 spiro atoms. The van der Waals surface area contributed by atoms with Crippen molar-refractivity contribution >= 4 is 22.8 Å². The molecule has 3 rings (SSSR count). The van der Waals surface area contributed by atoms with Crippen LogP contribution in [0.4, 0.5) is 5.69 Å². The fourth-order valence-corrected chi connectivity index (χ4v) is 3.48. The summed E-state index contributed by atoms with van der Waals surface area (Å²) in [4.78, 5) is 29.8. The predicted octanol–water partition coefficient (Wildman–Crippen LogP) is 1.84. The number of pyridine rings is 1. The van der Waals surface area contributed by atoms with E-state index in [1.165, 1.54) is 0 Å². The molecule has 0 atom stereocenters. The molecule has 7 heteroatoms. The van der Waals surface area contributed by atoms with Crippen molar-refractivity contribution in [3.8, 4) is 0 Å². The van der Waals surface area contributed by atoms with Gasteiger partial charge >= 0.3 is 0 Å². The first-order valence-corrected chi connectivity index (χ1v) is 9.53. The van der Waals surface area contributed by atoms with Crippen LogP contribution >= 0.6 is 0 Å². The van der Waals surface area contributed by atoms with Crippen molar-refractivity contribution < 1.29 is 4.79 Å². The number of fused-ring (bicyclic) bond motifs is 1. The van der Waals surface area contributed by atoms with Crippen LogP contribution in [0, 0.1) is 0 Å². The Labute approximate surface area is 154 Å². The van der Waals surface area contributed by atoms with Gasteiger partial charge in [-0.05, 0) is 32.0 Å². The molecule has 0 bridgehead atoms. The molecular weight excluding hydrogens is 328 g/mol. The van der Waals surface area contributed by atoms with Crippen LogP contribution in [0.3, 0.4) is 0 Å². The highest BCUT2D eigenvalue weighted by molar-refractivity contribution is 5.85. The number of anilines is 1. The molecule has 1 amide bonds. The zero-order valence-corrected chi connectivity index (χ0v) is 15.7. The number of hydrogen-bond donors (Lipinski definition) is 1. The maximum atomic E-state index is 12.2. The highest BCUT2D eigenvalue weighted by atomic mass is 16.1. The van der Waals surface area contributed by atoms with E-state index in [0.717, 1.165) is 56.8 Å². The first-order chi connectivity index (χ1) is 12.7. The molecule has 1 fully saturated rings. The fourth-order valence-electron chi connectivity index (χ4n) is 3.48. The average molecular weight is 356 g/mol. The summed E-state index contributed by atoms with van der Waals surface area (Å²) < 4.78 is 0. The molecule has 0 aromatic carbocycles. The Kier molecular flexibility index (Phi) is 6.33. The quantitative estimate of drug-likeness (QED) is 0.816. The number of nitrogens with one attached hydrogen (secondary N) is 1. The molecule has 140 valence electrons. The normalized spacial score (nSPS) is 15.6. The van der Waals surface area contributed by atoms with Crippen LogP contribution in [-0.4, -0.2) is 64.5 Å². The monoisotopic (exact) mass is 356 g/mol.